The Hall–Kier alpha value is -2.96. The molecule has 1 heterocycles. The number of carbonyl (C=O) groups is 4. The summed E-state index contributed by atoms with van der Waals surface area (Å²) < 4.78 is 4.57. The van der Waals surface area contributed by atoms with E-state index < -0.39 is 35.8 Å². The highest BCUT2D eigenvalue weighted by Gasteiger charge is 2.36. The molecule has 2 rings (SSSR count). The minimum atomic E-state index is -1.05. The second-order valence-corrected chi connectivity index (χ2v) is 5.34. The standard InChI is InChI=1S/C17H18N2O5/c1-11(17(23)24-2)18-16(22)13(10-12-6-4-3-5-7-12)19-14(20)8-9-15(19)21/h3-9,11,13H,10H2,1-2H3,(H,18,22)/t11-,13-/m0/s1. The molecule has 0 saturated heterocycles. The number of ether oxygens (including phenoxy) is 1. The summed E-state index contributed by atoms with van der Waals surface area (Å²) in [5, 5.41) is 2.48. The number of nitrogens with zero attached hydrogens (tertiary/aromatic N) is 1. The van der Waals surface area contributed by atoms with E-state index in [0.29, 0.717) is 0 Å². The van der Waals surface area contributed by atoms with E-state index in [1.807, 2.05) is 6.07 Å². The van der Waals surface area contributed by atoms with Gasteiger partial charge in [0.25, 0.3) is 11.8 Å². The third-order valence-corrected chi connectivity index (χ3v) is 3.64. The van der Waals surface area contributed by atoms with Crippen molar-refractivity contribution in [1.29, 1.82) is 0 Å². The molecule has 0 unspecified atom stereocenters. The van der Waals surface area contributed by atoms with Gasteiger partial charge in [0.1, 0.15) is 12.1 Å². The summed E-state index contributed by atoms with van der Waals surface area (Å²) in [6, 6.07) is 7.08. The highest BCUT2D eigenvalue weighted by Crippen LogP contribution is 2.15. The lowest BCUT2D eigenvalue weighted by atomic mass is 10.0. The molecule has 126 valence electrons. The molecular weight excluding hydrogens is 312 g/mol. The molecule has 1 N–H and O–H groups in total. The lowest BCUT2D eigenvalue weighted by Crippen LogP contribution is -2.53. The summed E-state index contributed by atoms with van der Waals surface area (Å²) in [4.78, 5) is 48.8. The maximum absolute atomic E-state index is 12.6. The van der Waals surface area contributed by atoms with Crippen molar-refractivity contribution in [2.75, 3.05) is 7.11 Å². The zero-order chi connectivity index (χ0) is 17.7. The van der Waals surface area contributed by atoms with E-state index in [1.165, 1.54) is 14.0 Å². The molecule has 0 fully saturated rings. The van der Waals surface area contributed by atoms with Gasteiger partial charge in [0.2, 0.25) is 5.91 Å². The summed E-state index contributed by atoms with van der Waals surface area (Å²) >= 11 is 0. The topological polar surface area (TPSA) is 92.8 Å². The molecular formula is C17H18N2O5. The summed E-state index contributed by atoms with van der Waals surface area (Å²) in [5.74, 6) is -2.32. The van der Waals surface area contributed by atoms with Gasteiger partial charge < -0.3 is 10.1 Å². The van der Waals surface area contributed by atoms with Gasteiger partial charge in [0.15, 0.2) is 0 Å². The van der Waals surface area contributed by atoms with Gasteiger partial charge in [-0.15, -0.1) is 0 Å². The maximum atomic E-state index is 12.6. The smallest absolute Gasteiger partial charge is 0.328 e. The lowest BCUT2D eigenvalue weighted by molar-refractivity contribution is -0.148. The zero-order valence-corrected chi connectivity index (χ0v) is 13.4. The number of methoxy groups -OCH3 is 1. The molecule has 3 amide bonds. The molecule has 1 aromatic carbocycles. The van der Waals surface area contributed by atoms with Crippen LogP contribution in [0.1, 0.15) is 12.5 Å². The molecule has 0 bridgehead atoms. The van der Waals surface area contributed by atoms with Crippen molar-refractivity contribution < 1.29 is 23.9 Å². The van der Waals surface area contributed by atoms with Crippen molar-refractivity contribution in [1.82, 2.24) is 10.2 Å². The van der Waals surface area contributed by atoms with Crippen LogP contribution in [0.15, 0.2) is 42.5 Å². The average molecular weight is 330 g/mol. The highest BCUT2D eigenvalue weighted by molar-refractivity contribution is 6.15. The lowest BCUT2D eigenvalue weighted by Gasteiger charge is -2.26. The Kier molecular flexibility index (Phi) is 5.47. The van der Waals surface area contributed by atoms with E-state index in [4.69, 9.17) is 0 Å². The Morgan fingerprint density at radius 1 is 1.12 bits per heavy atom. The number of amides is 3. The molecule has 0 saturated carbocycles. The third kappa shape index (κ3) is 3.87. The highest BCUT2D eigenvalue weighted by atomic mass is 16.5. The molecule has 1 aliphatic heterocycles. The van der Waals surface area contributed by atoms with E-state index in [-0.39, 0.29) is 6.42 Å². The van der Waals surface area contributed by atoms with Crippen LogP contribution in [0.25, 0.3) is 0 Å². The number of carbonyl (C=O) groups excluding carboxylic acids is 4. The predicted molar refractivity (Wildman–Crippen MR) is 84.5 cm³/mol. The van der Waals surface area contributed by atoms with E-state index >= 15 is 0 Å². The molecule has 0 aliphatic carbocycles. The van der Waals surface area contributed by atoms with Gasteiger partial charge in [-0.3, -0.25) is 19.3 Å². The quantitative estimate of drug-likeness (QED) is 0.594. The van der Waals surface area contributed by atoms with Crippen molar-refractivity contribution in [2.24, 2.45) is 0 Å². The fraction of sp³-hybridized carbons (Fsp3) is 0.294. The number of nitrogens with one attached hydrogen (secondary N) is 1. The van der Waals surface area contributed by atoms with Crippen molar-refractivity contribution in [2.45, 2.75) is 25.4 Å². The van der Waals surface area contributed by atoms with Gasteiger partial charge in [0, 0.05) is 18.6 Å². The van der Waals surface area contributed by atoms with Gasteiger partial charge in [-0.2, -0.15) is 0 Å². The number of rotatable bonds is 6. The molecule has 7 nitrogen and oxygen atoms in total. The number of benzene rings is 1. The van der Waals surface area contributed by atoms with Gasteiger partial charge in [-0.1, -0.05) is 30.3 Å². The van der Waals surface area contributed by atoms with Crippen LogP contribution in [0.2, 0.25) is 0 Å². The van der Waals surface area contributed by atoms with Crippen LogP contribution < -0.4 is 5.32 Å². The first kappa shape index (κ1) is 17.4. The molecule has 1 aliphatic rings. The monoisotopic (exact) mass is 330 g/mol. The predicted octanol–water partition coefficient (Wildman–Crippen LogP) is 0.200. The van der Waals surface area contributed by atoms with Crippen molar-refractivity contribution in [3.05, 3.63) is 48.0 Å². The molecule has 2 atom stereocenters. The van der Waals surface area contributed by atoms with Crippen LogP contribution in [-0.4, -0.2) is 47.8 Å². The first-order chi connectivity index (χ1) is 11.4. The number of imide groups is 1. The van der Waals surface area contributed by atoms with E-state index in [9.17, 15) is 19.2 Å². The Morgan fingerprint density at radius 3 is 2.25 bits per heavy atom. The minimum Gasteiger partial charge on any atom is -0.467 e. The Bertz CT molecular complexity index is 665. The molecule has 7 heteroatoms. The third-order valence-electron chi connectivity index (χ3n) is 3.64. The normalized spacial score (nSPS) is 16.0. The van der Waals surface area contributed by atoms with Gasteiger partial charge in [-0.05, 0) is 12.5 Å². The van der Waals surface area contributed by atoms with E-state index in [2.05, 4.69) is 10.1 Å². The molecule has 1 aromatic rings. The van der Waals surface area contributed by atoms with Crippen LogP contribution in [0.4, 0.5) is 0 Å². The van der Waals surface area contributed by atoms with E-state index in [0.717, 1.165) is 22.6 Å². The number of hydrogen-bond acceptors (Lipinski definition) is 5. The van der Waals surface area contributed by atoms with E-state index in [1.54, 1.807) is 24.3 Å². The Labute approximate surface area is 139 Å². The summed E-state index contributed by atoms with van der Waals surface area (Å²) in [6.07, 6.45) is 2.40. The minimum absolute atomic E-state index is 0.153. The summed E-state index contributed by atoms with van der Waals surface area (Å²) in [7, 11) is 1.21. The molecule has 24 heavy (non-hydrogen) atoms. The molecule has 0 radical (unpaired) electrons. The Morgan fingerprint density at radius 2 is 1.71 bits per heavy atom. The largest absolute Gasteiger partial charge is 0.467 e. The van der Waals surface area contributed by atoms with Crippen LogP contribution in [0.3, 0.4) is 0 Å². The molecule has 0 spiro atoms. The molecule has 0 aromatic heterocycles. The number of hydrogen-bond donors (Lipinski definition) is 1. The van der Waals surface area contributed by atoms with Crippen molar-refractivity contribution >= 4 is 23.7 Å². The maximum Gasteiger partial charge on any atom is 0.328 e. The average Bonchev–Trinajstić information content (AvgIpc) is 2.91. The zero-order valence-electron chi connectivity index (χ0n) is 13.4. The van der Waals surface area contributed by atoms with Gasteiger partial charge in [0.05, 0.1) is 7.11 Å². The fourth-order valence-electron chi connectivity index (χ4n) is 2.40. The second-order valence-electron chi connectivity index (χ2n) is 5.34. The van der Waals surface area contributed by atoms with Crippen LogP contribution in [0.5, 0.6) is 0 Å². The van der Waals surface area contributed by atoms with Crippen LogP contribution in [0, 0.1) is 0 Å². The van der Waals surface area contributed by atoms with Gasteiger partial charge in [-0.25, -0.2) is 4.79 Å². The SMILES string of the molecule is COC(=O)[C@H](C)NC(=O)[C@H](Cc1ccccc1)N1C(=O)C=CC1=O. The van der Waals surface area contributed by atoms with Crippen molar-refractivity contribution in [3.63, 3.8) is 0 Å². The number of esters is 1. The first-order valence-electron chi connectivity index (χ1n) is 7.41. The summed E-state index contributed by atoms with van der Waals surface area (Å²) in [6.45, 7) is 1.47. The van der Waals surface area contributed by atoms with Gasteiger partial charge >= 0.3 is 5.97 Å². The van der Waals surface area contributed by atoms with Crippen LogP contribution in [-0.2, 0) is 30.3 Å². The fourth-order valence-corrected chi connectivity index (χ4v) is 2.40. The van der Waals surface area contributed by atoms with Crippen molar-refractivity contribution in [3.8, 4) is 0 Å². The first-order valence-corrected chi connectivity index (χ1v) is 7.41. The second kappa shape index (κ2) is 7.54. The Balaban J connectivity index is 2.22. The van der Waals surface area contributed by atoms with Crippen LogP contribution >= 0.6 is 0 Å². The summed E-state index contributed by atoms with van der Waals surface area (Å²) in [5.41, 5.74) is 0.788.